The van der Waals surface area contributed by atoms with E-state index < -0.39 is 0 Å². The van der Waals surface area contributed by atoms with Crippen LogP contribution in [0.5, 0.6) is 11.5 Å². The molecule has 0 bridgehead atoms. The number of benzene rings is 1. The van der Waals surface area contributed by atoms with Gasteiger partial charge in [0.2, 0.25) is 11.8 Å². The molecule has 0 radical (unpaired) electrons. The monoisotopic (exact) mass is 473 g/mol. The second-order valence-electron chi connectivity index (χ2n) is 8.99. The number of aromatic hydroxyl groups is 2. The number of nitrogens with zero attached hydrogens (tertiary/aromatic N) is 3. The molecule has 186 valence electrons. The zero-order valence-electron chi connectivity index (χ0n) is 20.3. The molecular weight excluding hydrogens is 438 g/mol. The molecule has 0 atom stereocenters. The number of carbonyl (C=O) groups excluding carboxylic acids is 2. The van der Waals surface area contributed by atoms with Crippen molar-refractivity contribution in [1.82, 2.24) is 20.3 Å². The fourth-order valence-corrected chi connectivity index (χ4v) is 3.94. The number of aromatic nitrogens is 1. The van der Waals surface area contributed by atoms with Gasteiger partial charge in [0.05, 0.1) is 12.0 Å². The maximum absolute atomic E-state index is 12.9. The molecule has 0 spiro atoms. The Kier molecular flexibility index (Phi) is 8.51. The minimum atomic E-state index is -0.256. The Morgan fingerprint density at radius 1 is 1.12 bits per heavy atom. The van der Waals surface area contributed by atoms with E-state index >= 15 is 0 Å². The van der Waals surface area contributed by atoms with Gasteiger partial charge in [0.15, 0.2) is 5.76 Å². The second kappa shape index (κ2) is 11.3. The molecule has 2 amide bonds. The molecule has 2 heterocycles. The van der Waals surface area contributed by atoms with Crippen LogP contribution in [0.4, 0.5) is 5.69 Å². The Hall–Kier alpha value is -3.11. The topological polar surface area (TPSA) is 131 Å². The van der Waals surface area contributed by atoms with Crippen molar-refractivity contribution in [1.29, 1.82) is 0 Å². The highest BCUT2D eigenvalue weighted by Gasteiger charge is 2.25. The molecular formula is C24H35N5O5. The van der Waals surface area contributed by atoms with Crippen LogP contribution in [0.3, 0.4) is 0 Å². The number of phenolic OH excluding ortho intramolecular Hbond substituents is 2. The SMILES string of the molecule is CCNC(=O)Cc1noc(-c2cc(C(C)C)c(O)cc2O)c1NC(=O)CCN1CCN(C)CC1. The van der Waals surface area contributed by atoms with Crippen molar-refractivity contribution in [3.05, 3.63) is 23.4 Å². The van der Waals surface area contributed by atoms with Gasteiger partial charge in [-0.25, -0.2) is 0 Å². The fourth-order valence-electron chi connectivity index (χ4n) is 3.94. The number of nitrogens with one attached hydrogen (secondary N) is 2. The summed E-state index contributed by atoms with van der Waals surface area (Å²) in [6.07, 6.45) is 0.190. The molecule has 10 nitrogen and oxygen atoms in total. The van der Waals surface area contributed by atoms with Gasteiger partial charge in [0.25, 0.3) is 0 Å². The average molecular weight is 474 g/mol. The summed E-state index contributed by atoms with van der Waals surface area (Å²) >= 11 is 0. The lowest BCUT2D eigenvalue weighted by atomic mass is 9.97. The van der Waals surface area contributed by atoms with Gasteiger partial charge in [-0.2, -0.15) is 0 Å². The molecule has 4 N–H and O–H groups in total. The third kappa shape index (κ3) is 6.27. The number of anilines is 1. The minimum Gasteiger partial charge on any atom is -0.508 e. The van der Waals surface area contributed by atoms with E-state index in [1.54, 1.807) is 6.07 Å². The van der Waals surface area contributed by atoms with Crippen LogP contribution in [0.1, 0.15) is 44.4 Å². The van der Waals surface area contributed by atoms with Crippen LogP contribution in [0.25, 0.3) is 11.3 Å². The Balaban J connectivity index is 1.86. The van der Waals surface area contributed by atoms with Crippen LogP contribution < -0.4 is 10.6 Å². The first kappa shape index (κ1) is 25.5. The minimum absolute atomic E-state index is 0.0151. The highest BCUT2D eigenvalue weighted by molar-refractivity contribution is 5.97. The van der Waals surface area contributed by atoms with Gasteiger partial charge in [0, 0.05) is 51.8 Å². The number of piperazine rings is 1. The van der Waals surface area contributed by atoms with Gasteiger partial charge in [-0.05, 0) is 31.5 Å². The first-order valence-electron chi connectivity index (χ1n) is 11.7. The van der Waals surface area contributed by atoms with E-state index in [-0.39, 0.29) is 64.8 Å². The second-order valence-corrected chi connectivity index (χ2v) is 8.99. The summed E-state index contributed by atoms with van der Waals surface area (Å²) in [6.45, 7) is 10.5. The molecule has 0 aliphatic carbocycles. The molecule has 0 unspecified atom stereocenters. The fraction of sp³-hybridized carbons (Fsp3) is 0.542. The smallest absolute Gasteiger partial charge is 0.226 e. The third-order valence-electron chi connectivity index (χ3n) is 5.99. The summed E-state index contributed by atoms with van der Waals surface area (Å²) in [5.41, 5.74) is 1.42. The molecule has 1 aromatic carbocycles. The van der Waals surface area contributed by atoms with E-state index in [1.165, 1.54) is 6.07 Å². The molecule has 2 aromatic rings. The molecule has 1 aromatic heterocycles. The first-order chi connectivity index (χ1) is 16.2. The molecule has 0 saturated carbocycles. The molecule has 1 fully saturated rings. The predicted molar refractivity (Wildman–Crippen MR) is 129 cm³/mol. The first-order valence-corrected chi connectivity index (χ1v) is 11.7. The molecule has 3 rings (SSSR count). The van der Waals surface area contributed by atoms with Gasteiger partial charge in [-0.1, -0.05) is 19.0 Å². The number of hydrogen-bond donors (Lipinski definition) is 4. The summed E-state index contributed by atoms with van der Waals surface area (Å²) in [6, 6.07) is 2.86. The maximum Gasteiger partial charge on any atom is 0.226 e. The molecule has 1 saturated heterocycles. The van der Waals surface area contributed by atoms with Gasteiger partial charge in [0.1, 0.15) is 22.9 Å². The van der Waals surface area contributed by atoms with Crippen molar-refractivity contribution < 1.29 is 24.3 Å². The lowest BCUT2D eigenvalue weighted by Gasteiger charge is -2.32. The number of hydrogen-bond acceptors (Lipinski definition) is 8. The quantitative estimate of drug-likeness (QED) is 0.436. The van der Waals surface area contributed by atoms with Gasteiger partial charge in [-0.3, -0.25) is 9.59 Å². The summed E-state index contributed by atoms with van der Waals surface area (Å²) in [4.78, 5) is 29.6. The van der Waals surface area contributed by atoms with Crippen molar-refractivity contribution in [3.8, 4) is 22.8 Å². The van der Waals surface area contributed by atoms with Crippen LogP contribution in [0, 0.1) is 0 Å². The van der Waals surface area contributed by atoms with E-state index in [0.717, 1.165) is 26.2 Å². The number of amides is 2. The molecule has 1 aliphatic rings. The molecule has 10 heteroatoms. The van der Waals surface area contributed by atoms with Crippen LogP contribution >= 0.6 is 0 Å². The van der Waals surface area contributed by atoms with E-state index in [4.69, 9.17) is 4.52 Å². The van der Waals surface area contributed by atoms with Crippen molar-refractivity contribution in [2.45, 2.75) is 39.5 Å². The van der Waals surface area contributed by atoms with E-state index in [9.17, 15) is 19.8 Å². The van der Waals surface area contributed by atoms with Crippen LogP contribution in [-0.2, 0) is 16.0 Å². The van der Waals surface area contributed by atoms with Gasteiger partial charge in [-0.15, -0.1) is 0 Å². The lowest BCUT2D eigenvalue weighted by molar-refractivity contribution is -0.120. The van der Waals surface area contributed by atoms with Gasteiger partial charge < -0.3 is 35.2 Å². The van der Waals surface area contributed by atoms with Crippen LogP contribution in [0.2, 0.25) is 0 Å². The number of rotatable bonds is 9. The van der Waals surface area contributed by atoms with E-state index in [0.29, 0.717) is 18.7 Å². The number of likely N-dealkylation sites (N-methyl/N-ethyl adjacent to an activating group) is 2. The Bertz CT molecular complexity index is 1010. The Morgan fingerprint density at radius 2 is 1.82 bits per heavy atom. The number of carbonyl (C=O) groups is 2. The lowest BCUT2D eigenvalue weighted by Crippen LogP contribution is -2.45. The van der Waals surface area contributed by atoms with Crippen LogP contribution in [-0.4, -0.2) is 83.3 Å². The maximum atomic E-state index is 12.9. The highest BCUT2D eigenvalue weighted by Crippen LogP contribution is 2.41. The zero-order chi connectivity index (χ0) is 24.8. The normalized spacial score (nSPS) is 15.0. The summed E-state index contributed by atoms with van der Waals surface area (Å²) in [5.74, 6) is -0.604. The number of phenols is 2. The standard InChI is InChI=1S/C24H35N5O5/c1-5-25-22(33)13-18-23(26-21(32)6-7-29-10-8-28(4)9-11-29)24(34-27-18)17-12-16(15(2)3)19(30)14-20(17)31/h12,14-15,30-31H,5-11,13H2,1-4H3,(H,25,33)(H,26,32). The summed E-state index contributed by atoms with van der Waals surface area (Å²) < 4.78 is 5.52. The highest BCUT2D eigenvalue weighted by atomic mass is 16.5. The molecule has 34 heavy (non-hydrogen) atoms. The van der Waals surface area contributed by atoms with Crippen molar-refractivity contribution in [2.75, 3.05) is 51.6 Å². The zero-order valence-corrected chi connectivity index (χ0v) is 20.3. The largest absolute Gasteiger partial charge is 0.508 e. The van der Waals surface area contributed by atoms with Crippen molar-refractivity contribution in [2.24, 2.45) is 0 Å². The summed E-state index contributed by atoms with van der Waals surface area (Å²) in [5, 5.41) is 30.3. The van der Waals surface area contributed by atoms with Gasteiger partial charge >= 0.3 is 0 Å². The van der Waals surface area contributed by atoms with Crippen LogP contribution in [0.15, 0.2) is 16.7 Å². The van der Waals surface area contributed by atoms with Crippen molar-refractivity contribution in [3.63, 3.8) is 0 Å². The predicted octanol–water partition coefficient (Wildman–Crippen LogP) is 2.13. The Morgan fingerprint density at radius 3 is 2.47 bits per heavy atom. The molecule has 1 aliphatic heterocycles. The van der Waals surface area contributed by atoms with Crippen molar-refractivity contribution >= 4 is 17.5 Å². The van der Waals surface area contributed by atoms with E-state index in [2.05, 4.69) is 32.6 Å². The van der Waals surface area contributed by atoms with E-state index in [1.807, 2.05) is 20.8 Å². The Labute approximate surface area is 199 Å². The summed E-state index contributed by atoms with van der Waals surface area (Å²) in [7, 11) is 2.08. The third-order valence-corrected chi connectivity index (χ3v) is 5.99. The average Bonchev–Trinajstić information content (AvgIpc) is 3.15.